The molecule has 0 aliphatic heterocycles. The molecular weight excluding hydrogens is 200 g/mol. The summed E-state index contributed by atoms with van der Waals surface area (Å²) in [7, 11) is 0. The van der Waals surface area contributed by atoms with Crippen LogP contribution in [0, 0.1) is 0 Å². The third kappa shape index (κ3) is 2.51. The lowest BCUT2D eigenvalue weighted by molar-refractivity contribution is 0.0525. The number of carbonyl (C=O) groups excluding carboxylic acids is 1. The fourth-order valence-corrected chi connectivity index (χ4v) is 1.55. The third-order valence-corrected chi connectivity index (χ3v) is 2.24. The second-order valence-corrected chi connectivity index (χ2v) is 4.65. The molecule has 0 radical (unpaired) electrons. The van der Waals surface area contributed by atoms with Crippen molar-refractivity contribution < 1.29 is 9.53 Å². The van der Waals surface area contributed by atoms with Crippen LogP contribution >= 0.6 is 11.5 Å². The van der Waals surface area contributed by atoms with Gasteiger partial charge >= 0.3 is 5.97 Å². The van der Waals surface area contributed by atoms with E-state index in [0.29, 0.717) is 17.4 Å². The second-order valence-electron chi connectivity index (χ2n) is 3.89. The molecule has 0 N–H and O–H groups in total. The molecule has 0 amide bonds. The van der Waals surface area contributed by atoms with Gasteiger partial charge in [-0.25, -0.2) is 9.78 Å². The highest BCUT2D eigenvalue weighted by atomic mass is 32.1. The fraction of sp³-hybridized carbons (Fsp3) is 0.667. The zero-order chi connectivity index (χ0) is 10.8. The van der Waals surface area contributed by atoms with Crippen LogP contribution in [0.25, 0.3) is 0 Å². The summed E-state index contributed by atoms with van der Waals surface area (Å²) in [6, 6.07) is 0. The van der Waals surface area contributed by atoms with E-state index in [2.05, 4.69) is 9.36 Å². The van der Waals surface area contributed by atoms with Crippen LogP contribution in [0.1, 0.15) is 43.3 Å². The summed E-state index contributed by atoms with van der Waals surface area (Å²) < 4.78 is 8.94. The van der Waals surface area contributed by atoms with Gasteiger partial charge in [-0.1, -0.05) is 20.8 Å². The molecule has 0 fully saturated rings. The number of aromatic nitrogens is 2. The molecule has 0 aliphatic rings. The summed E-state index contributed by atoms with van der Waals surface area (Å²) >= 11 is 1.09. The lowest BCUT2D eigenvalue weighted by Gasteiger charge is -2.11. The first kappa shape index (κ1) is 11.1. The molecule has 0 saturated heterocycles. The van der Waals surface area contributed by atoms with Gasteiger partial charge in [0.25, 0.3) is 0 Å². The number of rotatable bonds is 2. The van der Waals surface area contributed by atoms with Gasteiger partial charge in [0.05, 0.1) is 6.61 Å². The summed E-state index contributed by atoms with van der Waals surface area (Å²) in [4.78, 5) is 15.4. The zero-order valence-corrected chi connectivity index (χ0v) is 9.64. The van der Waals surface area contributed by atoms with Gasteiger partial charge in [-0.2, -0.15) is 4.37 Å². The number of carbonyl (C=O) groups is 1. The zero-order valence-electron chi connectivity index (χ0n) is 8.83. The highest BCUT2D eigenvalue weighted by Gasteiger charge is 2.22. The Morgan fingerprint density at radius 1 is 1.50 bits per heavy atom. The summed E-state index contributed by atoms with van der Waals surface area (Å²) in [5, 5.41) is 0.330. The molecule has 0 saturated carbocycles. The first-order valence-corrected chi connectivity index (χ1v) is 5.23. The van der Waals surface area contributed by atoms with E-state index in [0.717, 1.165) is 11.5 Å². The molecule has 0 spiro atoms. The van der Waals surface area contributed by atoms with Crippen molar-refractivity contribution in [3.8, 4) is 0 Å². The van der Waals surface area contributed by atoms with Gasteiger partial charge < -0.3 is 4.74 Å². The van der Waals surface area contributed by atoms with Crippen molar-refractivity contribution in [1.29, 1.82) is 0 Å². The molecule has 0 atom stereocenters. The van der Waals surface area contributed by atoms with Gasteiger partial charge in [0.1, 0.15) is 5.82 Å². The van der Waals surface area contributed by atoms with E-state index in [1.807, 2.05) is 20.8 Å². The van der Waals surface area contributed by atoms with E-state index in [-0.39, 0.29) is 11.4 Å². The molecule has 1 aromatic rings. The van der Waals surface area contributed by atoms with Gasteiger partial charge in [-0.05, 0) is 18.5 Å². The Labute approximate surface area is 87.5 Å². The lowest BCUT2D eigenvalue weighted by atomic mass is 9.96. The molecule has 5 heteroatoms. The molecule has 14 heavy (non-hydrogen) atoms. The average Bonchev–Trinajstić information content (AvgIpc) is 2.51. The van der Waals surface area contributed by atoms with E-state index in [9.17, 15) is 4.79 Å². The Kier molecular flexibility index (Phi) is 3.21. The predicted octanol–water partition coefficient (Wildman–Crippen LogP) is 2.01. The number of ether oxygens (including phenoxy) is 1. The Morgan fingerprint density at radius 3 is 2.57 bits per heavy atom. The van der Waals surface area contributed by atoms with Crippen LogP contribution in [0.15, 0.2) is 0 Å². The molecule has 0 bridgehead atoms. The Bertz CT molecular complexity index is 328. The summed E-state index contributed by atoms with van der Waals surface area (Å²) in [6.07, 6.45) is 0. The molecule has 1 aromatic heterocycles. The van der Waals surface area contributed by atoms with Gasteiger partial charge in [0.2, 0.25) is 5.01 Å². The van der Waals surface area contributed by atoms with Crippen molar-refractivity contribution in [3.63, 3.8) is 0 Å². The Morgan fingerprint density at radius 2 is 2.14 bits per heavy atom. The minimum Gasteiger partial charge on any atom is -0.461 e. The maximum atomic E-state index is 11.3. The van der Waals surface area contributed by atoms with E-state index in [1.165, 1.54) is 0 Å². The monoisotopic (exact) mass is 214 g/mol. The van der Waals surface area contributed by atoms with Crippen molar-refractivity contribution in [3.05, 3.63) is 10.8 Å². The number of hydrogen-bond donors (Lipinski definition) is 0. The highest BCUT2D eigenvalue weighted by molar-refractivity contribution is 7.07. The maximum Gasteiger partial charge on any atom is 0.369 e. The van der Waals surface area contributed by atoms with Crippen LogP contribution in [0.5, 0.6) is 0 Å². The summed E-state index contributed by atoms with van der Waals surface area (Å²) in [5.41, 5.74) is -0.124. The molecule has 0 aromatic carbocycles. The van der Waals surface area contributed by atoms with Crippen molar-refractivity contribution >= 4 is 17.5 Å². The van der Waals surface area contributed by atoms with Crippen LogP contribution in [0.2, 0.25) is 0 Å². The van der Waals surface area contributed by atoms with Crippen molar-refractivity contribution in [1.82, 2.24) is 9.36 Å². The third-order valence-electron chi connectivity index (χ3n) is 1.55. The van der Waals surface area contributed by atoms with Crippen LogP contribution in [-0.2, 0) is 10.2 Å². The maximum absolute atomic E-state index is 11.3. The van der Waals surface area contributed by atoms with Crippen molar-refractivity contribution in [2.75, 3.05) is 6.61 Å². The van der Waals surface area contributed by atoms with E-state index >= 15 is 0 Å². The van der Waals surface area contributed by atoms with Gasteiger partial charge in [-0.15, -0.1) is 0 Å². The summed E-state index contributed by atoms with van der Waals surface area (Å²) in [6.45, 7) is 8.14. The minimum atomic E-state index is -0.388. The van der Waals surface area contributed by atoms with Crippen LogP contribution in [-0.4, -0.2) is 21.9 Å². The van der Waals surface area contributed by atoms with Crippen molar-refractivity contribution in [2.45, 2.75) is 33.1 Å². The quantitative estimate of drug-likeness (QED) is 0.707. The van der Waals surface area contributed by atoms with Crippen LogP contribution in [0.3, 0.4) is 0 Å². The van der Waals surface area contributed by atoms with Crippen molar-refractivity contribution in [2.24, 2.45) is 0 Å². The first-order chi connectivity index (χ1) is 6.45. The minimum absolute atomic E-state index is 0.124. The molecule has 4 nitrogen and oxygen atoms in total. The largest absolute Gasteiger partial charge is 0.461 e. The van der Waals surface area contributed by atoms with E-state index < -0.39 is 0 Å². The lowest BCUT2D eigenvalue weighted by Crippen LogP contribution is -2.14. The Balaban J connectivity index is 2.83. The standard InChI is InChI=1S/C9H14N2O2S/c1-5-13-7(12)6-10-8(11-14-6)9(2,3)4/h5H2,1-4H3. The number of nitrogens with zero attached hydrogens (tertiary/aromatic N) is 2. The van der Waals surface area contributed by atoms with Gasteiger partial charge in [0, 0.05) is 5.41 Å². The predicted molar refractivity (Wildman–Crippen MR) is 54.6 cm³/mol. The van der Waals surface area contributed by atoms with Crippen LogP contribution in [0.4, 0.5) is 0 Å². The number of hydrogen-bond acceptors (Lipinski definition) is 5. The SMILES string of the molecule is CCOC(=O)c1nc(C(C)(C)C)ns1. The molecule has 0 aliphatic carbocycles. The highest BCUT2D eigenvalue weighted by Crippen LogP contribution is 2.20. The molecule has 78 valence electrons. The Hall–Kier alpha value is -0.970. The smallest absolute Gasteiger partial charge is 0.369 e. The van der Waals surface area contributed by atoms with Crippen LogP contribution < -0.4 is 0 Å². The van der Waals surface area contributed by atoms with E-state index in [1.54, 1.807) is 6.92 Å². The normalized spacial score (nSPS) is 11.4. The first-order valence-electron chi connectivity index (χ1n) is 4.46. The van der Waals surface area contributed by atoms with Gasteiger partial charge in [0.15, 0.2) is 0 Å². The van der Waals surface area contributed by atoms with E-state index in [4.69, 9.17) is 4.74 Å². The number of esters is 1. The molecular formula is C9H14N2O2S. The molecule has 1 heterocycles. The summed E-state index contributed by atoms with van der Waals surface area (Å²) in [5.74, 6) is 0.297. The molecule has 1 rings (SSSR count). The fourth-order valence-electron chi connectivity index (χ4n) is 0.804. The second kappa shape index (κ2) is 4.04. The van der Waals surface area contributed by atoms with Gasteiger partial charge in [-0.3, -0.25) is 0 Å². The molecule has 0 unspecified atom stereocenters. The average molecular weight is 214 g/mol. The topological polar surface area (TPSA) is 52.1 Å².